The van der Waals surface area contributed by atoms with E-state index in [-0.39, 0.29) is 6.61 Å². The van der Waals surface area contributed by atoms with Crippen LogP contribution < -0.4 is 10.1 Å². The predicted molar refractivity (Wildman–Crippen MR) is 93.5 cm³/mol. The summed E-state index contributed by atoms with van der Waals surface area (Å²) in [6.07, 6.45) is -0.515. The van der Waals surface area contributed by atoms with E-state index < -0.39 is 6.09 Å². The highest BCUT2D eigenvalue weighted by atomic mass is 16.5. The molecule has 3 aromatic rings. The van der Waals surface area contributed by atoms with Crippen molar-refractivity contribution in [3.63, 3.8) is 0 Å². The molecular formula is C19H18N2O4. The number of benzene rings is 2. The number of nitrogens with one attached hydrogen (secondary N) is 1. The molecular weight excluding hydrogens is 320 g/mol. The van der Waals surface area contributed by atoms with Gasteiger partial charge in [-0.3, -0.25) is 5.32 Å². The first-order valence-corrected chi connectivity index (χ1v) is 7.74. The van der Waals surface area contributed by atoms with Gasteiger partial charge in [0.2, 0.25) is 0 Å². The maximum atomic E-state index is 11.1. The van der Waals surface area contributed by atoms with Crippen molar-refractivity contribution in [1.29, 1.82) is 0 Å². The largest absolute Gasteiger partial charge is 0.486 e. The second-order valence-corrected chi connectivity index (χ2v) is 5.47. The minimum atomic E-state index is -0.515. The number of carbonyl (C=O) groups is 1. The molecule has 0 aliphatic heterocycles. The highest BCUT2D eigenvalue weighted by Gasteiger charge is 2.07. The van der Waals surface area contributed by atoms with E-state index in [9.17, 15) is 4.79 Å². The van der Waals surface area contributed by atoms with Gasteiger partial charge in [0.1, 0.15) is 18.1 Å². The molecule has 3 rings (SSSR count). The van der Waals surface area contributed by atoms with Crippen LogP contribution in [0.1, 0.15) is 11.3 Å². The quantitative estimate of drug-likeness (QED) is 0.746. The van der Waals surface area contributed by atoms with Gasteiger partial charge < -0.3 is 14.0 Å². The lowest BCUT2D eigenvalue weighted by atomic mass is 10.1. The van der Waals surface area contributed by atoms with Gasteiger partial charge >= 0.3 is 6.09 Å². The van der Waals surface area contributed by atoms with E-state index in [1.54, 1.807) is 24.3 Å². The van der Waals surface area contributed by atoms with Crippen molar-refractivity contribution >= 4 is 11.8 Å². The van der Waals surface area contributed by atoms with Crippen LogP contribution in [0, 0.1) is 6.92 Å². The molecule has 0 aliphatic rings. The minimum Gasteiger partial charge on any atom is -0.486 e. The lowest BCUT2D eigenvalue weighted by Gasteiger charge is -2.06. The van der Waals surface area contributed by atoms with Crippen LogP contribution in [0.4, 0.5) is 10.5 Å². The second-order valence-electron chi connectivity index (χ2n) is 5.47. The fraction of sp³-hybridized carbons (Fsp3) is 0.158. The Balaban J connectivity index is 1.58. The Labute approximate surface area is 145 Å². The summed E-state index contributed by atoms with van der Waals surface area (Å²) in [5.74, 6) is 1.29. The summed E-state index contributed by atoms with van der Waals surface area (Å²) in [6.45, 7) is 2.31. The summed E-state index contributed by atoms with van der Waals surface area (Å²) in [5.41, 5.74) is 3.59. The van der Waals surface area contributed by atoms with Gasteiger partial charge in [0, 0.05) is 17.3 Å². The number of rotatable bonds is 5. The number of methoxy groups -OCH3 is 1. The molecule has 0 saturated heterocycles. The van der Waals surface area contributed by atoms with Gasteiger partial charge in [-0.15, -0.1) is 0 Å². The van der Waals surface area contributed by atoms with Crippen molar-refractivity contribution in [3.8, 4) is 17.0 Å². The van der Waals surface area contributed by atoms with Crippen LogP contribution in [0.5, 0.6) is 5.75 Å². The van der Waals surface area contributed by atoms with Crippen molar-refractivity contribution in [2.75, 3.05) is 12.4 Å². The highest BCUT2D eigenvalue weighted by molar-refractivity contribution is 5.84. The third-order valence-corrected chi connectivity index (χ3v) is 3.57. The molecule has 25 heavy (non-hydrogen) atoms. The molecule has 1 aromatic heterocycles. The molecule has 128 valence electrons. The van der Waals surface area contributed by atoms with E-state index in [4.69, 9.17) is 9.26 Å². The number of carbonyl (C=O) groups excluding carboxylic acids is 1. The van der Waals surface area contributed by atoms with E-state index in [0.717, 1.165) is 11.3 Å². The fourth-order valence-electron chi connectivity index (χ4n) is 2.20. The molecule has 2 aromatic carbocycles. The molecule has 6 heteroatoms. The van der Waals surface area contributed by atoms with Gasteiger partial charge in [-0.25, -0.2) is 4.79 Å². The molecule has 0 atom stereocenters. The van der Waals surface area contributed by atoms with Gasteiger partial charge in [-0.2, -0.15) is 0 Å². The highest BCUT2D eigenvalue weighted by Crippen LogP contribution is 2.21. The number of amides is 1. The van der Waals surface area contributed by atoms with Crippen LogP contribution in [0.15, 0.2) is 59.1 Å². The summed E-state index contributed by atoms with van der Waals surface area (Å²) in [7, 11) is 1.31. The van der Waals surface area contributed by atoms with Gasteiger partial charge in [-0.1, -0.05) is 35.0 Å². The SMILES string of the molecule is COC(=O)Nc1ccc(OCc2cc(-c3ccc(C)cc3)no2)cc1. The summed E-state index contributed by atoms with van der Waals surface area (Å²) in [5, 5.41) is 6.64. The van der Waals surface area contributed by atoms with E-state index in [1.807, 2.05) is 37.3 Å². The van der Waals surface area contributed by atoms with Gasteiger partial charge in [0.05, 0.1) is 7.11 Å². The lowest BCUT2D eigenvalue weighted by molar-refractivity contribution is 0.187. The Hall–Kier alpha value is -3.28. The molecule has 6 nitrogen and oxygen atoms in total. The smallest absolute Gasteiger partial charge is 0.411 e. The summed E-state index contributed by atoms with van der Waals surface area (Å²) < 4.78 is 15.5. The lowest BCUT2D eigenvalue weighted by Crippen LogP contribution is -2.10. The van der Waals surface area contributed by atoms with Gasteiger partial charge in [-0.05, 0) is 31.2 Å². The normalized spacial score (nSPS) is 10.3. The number of aromatic nitrogens is 1. The molecule has 0 spiro atoms. The van der Waals surface area contributed by atoms with Crippen molar-refractivity contribution < 1.29 is 18.8 Å². The fourth-order valence-corrected chi connectivity index (χ4v) is 2.20. The molecule has 0 radical (unpaired) electrons. The van der Waals surface area contributed by atoms with E-state index >= 15 is 0 Å². The second kappa shape index (κ2) is 7.53. The first-order chi connectivity index (χ1) is 12.1. The third kappa shape index (κ3) is 4.38. The van der Waals surface area contributed by atoms with Gasteiger partial charge in [0.15, 0.2) is 5.76 Å². The molecule has 1 N–H and O–H groups in total. The number of aryl methyl sites for hydroxylation is 1. The molecule has 0 bridgehead atoms. The van der Waals surface area contributed by atoms with E-state index in [1.165, 1.54) is 12.7 Å². The molecule has 0 unspecified atom stereocenters. The van der Waals surface area contributed by atoms with Crippen LogP contribution >= 0.6 is 0 Å². The van der Waals surface area contributed by atoms with Crippen LogP contribution in [0.3, 0.4) is 0 Å². The van der Waals surface area contributed by atoms with Crippen LogP contribution in [0.25, 0.3) is 11.3 Å². The van der Waals surface area contributed by atoms with Crippen LogP contribution in [0.2, 0.25) is 0 Å². The standard InChI is InChI=1S/C19H18N2O4/c1-13-3-5-14(6-4-13)18-11-17(25-21-18)12-24-16-9-7-15(8-10-16)20-19(22)23-2/h3-11H,12H2,1-2H3,(H,20,22). The third-order valence-electron chi connectivity index (χ3n) is 3.57. The maximum Gasteiger partial charge on any atom is 0.411 e. The van der Waals surface area contributed by atoms with Crippen molar-refractivity contribution in [2.24, 2.45) is 0 Å². The Kier molecular flexibility index (Phi) is 4.99. The number of nitrogens with zero attached hydrogens (tertiary/aromatic N) is 1. The number of anilines is 1. The molecule has 0 aliphatic carbocycles. The number of ether oxygens (including phenoxy) is 2. The Bertz CT molecular complexity index is 839. The Morgan fingerprint density at radius 1 is 1.12 bits per heavy atom. The molecule has 1 heterocycles. The zero-order chi connectivity index (χ0) is 17.6. The maximum absolute atomic E-state index is 11.1. The average Bonchev–Trinajstić information content (AvgIpc) is 3.10. The minimum absolute atomic E-state index is 0.267. The Morgan fingerprint density at radius 2 is 1.84 bits per heavy atom. The number of hydrogen-bond donors (Lipinski definition) is 1. The number of hydrogen-bond acceptors (Lipinski definition) is 5. The summed E-state index contributed by atoms with van der Waals surface area (Å²) in [4.78, 5) is 11.1. The zero-order valence-electron chi connectivity index (χ0n) is 14.0. The van der Waals surface area contributed by atoms with E-state index in [0.29, 0.717) is 17.2 Å². The summed E-state index contributed by atoms with van der Waals surface area (Å²) >= 11 is 0. The Morgan fingerprint density at radius 3 is 2.52 bits per heavy atom. The van der Waals surface area contributed by atoms with Gasteiger partial charge in [0.25, 0.3) is 0 Å². The molecule has 1 amide bonds. The van der Waals surface area contributed by atoms with Crippen molar-refractivity contribution in [3.05, 3.63) is 65.9 Å². The average molecular weight is 338 g/mol. The van der Waals surface area contributed by atoms with E-state index in [2.05, 4.69) is 15.2 Å². The first kappa shape index (κ1) is 16.6. The van der Waals surface area contributed by atoms with Crippen LogP contribution in [-0.4, -0.2) is 18.4 Å². The topological polar surface area (TPSA) is 73.6 Å². The van der Waals surface area contributed by atoms with Crippen molar-refractivity contribution in [2.45, 2.75) is 13.5 Å². The van der Waals surface area contributed by atoms with Crippen molar-refractivity contribution in [1.82, 2.24) is 5.16 Å². The molecule has 0 saturated carbocycles. The monoisotopic (exact) mass is 338 g/mol. The predicted octanol–water partition coefficient (Wildman–Crippen LogP) is 4.41. The first-order valence-electron chi connectivity index (χ1n) is 7.74. The zero-order valence-corrected chi connectivity index (χ0v) is 14.0. The summed E-state index contributed by atoms with van der Waals surface area (Å²) in [6, 6.07) is 16.9. The van der Waals surface area contributed by atoms with Crippen LogP contribution in [-0.2, 0) is 11.3 Å². The molecule has 0 fully saturated rings.